The van der Waals surface area contributed by atoms with Crippen molar-refractivity contribution in [2.24, 2.45) is 0 Å². The number of rotatable bonds is 6. The molecule has 1 aromatic carbocycles. The van der Waals surface area contributed by atoms with Gasteiger partial charge in [-0.1, -0.05) is 11.8 Å². The summed E-state index contributed by atoms with van der Waals surface area (Å²) in [5.41, 5.74) is 6.32. The Balaban J connectivity index is 2.01. The van der Waals surface area contributed by atoms with Crippen molar-refractivity contribution in [1.82, 2.24) is 9.97 Å². The molecule has 24 heavy (non-hydrogen) atoms. The van der Waals surface area contributed by atoms with Gasteiger partial charge in [-0.15, -0.1) is 0 Å². The van der Waals surface area contributed by atoms with Crippen molar-refractivity contribution in [1.29, 1.82) is 5.26 Å². The zero-order valence-corrected chi connectivity index (χ0v) is 13.9. The number of hydrogen-bond donors (Lipinski definition) is 2. The van der Waals surface area contributed by atoms with Crippen LogP contribution < -0.4 is 20.5 Å². The molecule has 8 nitrogen and oxygen atoms in total. The van der Waals surface area contributed by atoms with Gasteiger partial charge in [0.25, 0.3) is 0 Å². The van der Waals surface area contributed by atoms with Crippen molar-refractivity contribution >= 4 is 29.2 Å². The molecule has 2 aromatic rings. The summed E-state index contributed by atoms with van der Waals surface area (Å²) in [5.74, 6) is 1.02. The molecule has 1 aromatic heterocycles. The van der Waals surface area contributed by atoms with Gasteiger partial charge in [-0.3, -0.25) is 4.79 Å². The highest BCUT2D eigenvalue weighted by molar-refractivity contribution is 7.99. The van der Waals surface area contributed by atoms with E-state index in [1.165, 1.54) is 20.4 Å². The van der Waals surface area contributed by atoms with Gasteiger partial charge < -0.3 is 20.5 Å². The highest BCUT2D eigenvalue weighted by Gasteiger charge is 2.11. The number of anilines is 2. The summed E-state index contributed by atoms with van der Waals surface area (Å²) >= 11 is 1.11. The molecule has 0 aliphatic rings. The fourth-order valence-electron chi connectivity index (χ4n) is 1.76. The first-order valence-electron chi connectivity index (χ1n) is 6.74. The number of aromatic nitrogens is 2. The van der Waals surface area contributed by atoms with E-state index >= 15 is 0 Å². The second-order valence-electron chi connectivity index (χ2n) is 4.47. The van der Waals surface area contributed by atoms with E-state index in [1.54, 1.807) is 18.2 Å². The van der Waals surface area contributed by atoms with Crippen molar-refractivity contribution in [2.75, 3.05) is 31.0 Å². The fourth-order valence-corrected chi connectivity index (χ4v) is 2.38. The molecule has 1 amide bonds. The fraction of sp³-hybridized carbons (Fsp3) is 0.200. The van der Waals surface area contributed by atoms with Gasteiger partial charge >= 0.3 is 0 Å². The second kappa shape index (κ2) is 8.03. The number of methoxy groups -OCH3 is 2. The molecule has 0 radical (unpaired) electrons. The molecule has 0 saturated carbocycles. The molecule has 1 heterocycles. The van der Waals surface area contributed by atoms with Gasteiger partial charge in [-0.25, -0.2) is 9.97 Å². The number of amides is 1. The first-order chi connectivity index (χ1) is 11.6. The van der Waals surface area contributed by atoms with E-state index in [2.05, 4.69) is 15.3 Å². The van der Waals surface area contributed by atoms with Crippen LogP contribution in [0.15, 0.2) is 29.6 Å². The van der Waals surface area contributed by atoms with Gasteiger partial charge in [0.1, 0.15) is 28.9 Å². The number of carbonyl (C=O) groups excluding carboxylic acids is 1. The van der Waals surface area contributed by atoms with Crippen LogP contribution in [0.3, 0.4) is 0 Å². The van der Waals surface area contributed by atoms with Crippen molar-refractivity contribution in [3.63, 3.8) is 0 Å². The molecule has 0 atom stereocenters. The summed E-state index contributed by atoms with van der Waals surface area (Å²) < 4.78 is 10.3. The Labute approximate surface area is 143 Å². The molecular weight excluding hydrogens is 330 g/mol. The minimum absolute atomic E-state index is 0.0751. The van der Waals surface area contributed by atoms with E-state index in [4.69, 9.17) is 20.5 Å². The minimum Gasteiger partial charge on any atom is -0.497 e. The van der Waals surface area contributed by atoms with E-state index in [1.807, 2.05) is 6.07 Å². The first kappa shape index (κ1) is 17.4. The summed E-state index contributed by atoms with van der Waals surface area (Å²) in [6.45, 7) is 0. The zero-order valence-electron chi connectivity index (χ0n) is 13.1. The van der Waals surface area contributed by atoms with Crippen LogP contribution in [0.2, 0.25) is 0 Å². The third-order valence-electron chi connectivity index (χ3n) is 2.93. The molecule has 2 rings (SSSR count). The van der Waals surface area contributed by atoms with E-state index in [9.17, 15) is 4.79 Å². The standard InChI is InChI=1S/C15H15N5O3S/c1-22-10-3-4-12(23-2)11(5-10)19-13(21)8-24-15-18-7-9(6-16)14(17)20-15/h3-5,7H,8H2,1-2H3,(H,19,21)(H2,17,18,20). The highest BCUT2D eigenvalue weighted by Crippen LogP contribution is 2.29. The molecule has 0 saturated heterocycles. The molecule has 0 fully saturated rings. The van der Waals surface area contributed by atoms with E-state index in [0.29, 0.717) is 22.3 Å². The molecule has 0 spiro atoms. The van der Waals surface area contributed by atoms with E-state index < -0.39 is 0 Å². The Kier molecular flexibility index (Phi) is 5.81. The zero-order chi connectivity index (χ0) is 17.5. The molecule has 0 aliphatic carbocycles. The minimum atomic E-state index is -0.266. The number of nitrogens with zero attached hydrogens (tertiary/aromatic N) is 3. The lowest BCUT2D eigenvalue weighted by molar-refractivity contribution is -0.113. The summed E-state index contributed by atoms with van der Waals surface area (Å²) in [5, 5.41) is 11.8. The predicted octanol–water partition coefficient (Wildman–Crippen LogP) is 1.68. The number of nitrogens with two attached hydrogens (primary N) is 1. The van der Waals surface area contributed by atoms with E-state index in [0.717, 1.165) is 11.8 Å². The van der Waals surface area contributed by atoms with Crippen LogP contribution in [0.25, 0.3) is 0 Å². The van der Waals surface area contributed by atoms with Gasteiger partial charge in [-0.2, -0.15) is 5.26 Å². The van der Waals surface area contributed by atoms with Gasteiger partial charge in [0, 0.05) is 6.07 Å². The second-order valence-corrected chi connectivity index (χ2v) is 5.41. The Morgan fingerprint density at radius 2 is 2.21 bits per heavy atom. The van der Waals surface area contributed by atoms with Crippen molar-refractivity contribution in [2.45, 2.75) is 5.16 Å². The molecule has 0 unspecified atom stereocenters. The maximum atomic E-state index is 12.1. The van der Waals surface area contributed by atoms with Crippen LogP contribution in [-0.2, 0) is 4.79 Å². The molecule has 3 N–H and O–H groups in total. The van der Waals surface area contributed by atoms with Gasteiger partial charge in [-0.05, 0) is 12.1 Å². The first-order valence-corrected chi connectivity index (χ1v) is 7.73. The lowest BCUT2D eigenvalue weighted by Crippen LogP contribution is -2.15. The van der Waals surface area contributed by atoms with Crippen molar-refractivity contribution in [3.8, 4) is 17.6 Å². The average molecular weight is 345 g/mol. The third-order valence-corrected chi connectivity index (χ3v) is 3.79. The monoisotopic (exact) mass is 345 g/mol. The number of ether oxygens (including phenoxy) is 2. The Morgan fingerprint density at radius 1 is 1.42 bits per heavy atom. The number of nitrogen functional groups attached to an aromatic ring is 1. The smallest absolute Gasteiger partial charge is 0.234 e. The lowest BCUT2D eigenvalue weighted by atomic mass is 10.2. The molecule has 0 bridgehead atoms. The molecule has 9 heteroatoms. The maximum absolute atomic E-state index is 12.1. The number of nitriles is 1. The average Bonchev–Trinajstić information content (AvgIpc) is 2.60. The van der Waals surface area contributed by atoms with Crippen LogP contribution in [0.5, 0.6) is 11.5 Å². The Hall–Kier alpha value is -2.99. The highest BCUT2D eigenvalue weighted by atomic mass is 32.2. The largest absolute Gasteiger partial charge is 0.497 e. The number of nitrogens with one attached hydrogen (secondary N) is 1. The number of carbonyl (C=O) groups is 1. The predicted molar refractivity (Wildman–Crippen MR) is 90.1 cm³/mol. The van der Waals surface area contributed by atoms with Crippen LogP contribution in [-0.4, -0.2) is 35.8 Å². The molecule has 124 valence electrons. The van der Waals surface area contributed by atoms with Crippen LogP contribution in [0, 0.1) is 11.3 Å². The Morgan fingerprint density at radius 3 is 2.83 bits per heavy atom. The summed E-state index contributed by atoms with van der Waals surface area (Å²) in [6, 6.07) is 6.98. The van der Waals surface area contributed by atoms with Crippen LogP contribution in [0.4, 0.5) is 11.5 Å². The number of thioether (sulfide) groups is 1. The summed E-state index contributed by atoms with van der Waals surface area (Å²) in [7, 11) is 3.05. The van der Waals surface area contributed by atoms with Gasteiger partial charge in [0.15, 0.2) is 5.16 Å². The SMILES string of the molecule is COc1ccc(OC)c(NC(=O)CSc2ncc(C#N)c(N)n2)c1. The third kappa shape index (κ3) is 4.27. The topological polar surface area (TPSA) is 123 Å². The lowest BCUT2D eigenvalue weighted by Gasteiger charge is -2.11. The van der Waals surface area contributed by atoms with Crippen LogP contribution >= 0.6 is 11.8 Å². The van der Waals surface area contributed by atoms with Crippen molar-refractivity contribution < 1.29 is 14.3 Å². The van der Waals surface area contributed by atoms with E-state index in [-0.39, 0.29) is 23.0 Å². The van der Waals surface area contributed by atoms with Crippen LogP contribution in [0.1, 0.15) is 5.56 Å². The maximum Gasteiger partial charge on any atom is 0.234 e. The van der Waals surface area contributed by atoms with Gasteiger partial charge in [0.05, 0.1) is 31.9 Å². The van der Waals surface area contributed by atoms with Gasteiger partial charge in [0.2, 0.25) is 5.91 Å². The summed E-state index contributed by atoms with van der Waals surface area (Å²) in [4.78, 5) is 20.0. The quantitative estimate of drug-likeness (QED) is 0.599. The molecular formula is C15H15N5O3S. The number of benzene rings is 1. The normalized spacial score (nSPS) is 9.88. The number of hydrogen-bond acceptors (Lipinski definition) is 8. The molecule has 0 aliphatic heterocycles. The summed E-state index contributed by atoms with van der Waals surface area (Å²) in [6.07, 6.45) is 1.33. The van der Waals surface area contributed by atoms with Crippen molar-refractivity contribution in [3.05, 3.63) is 30.0 Å². The Bertz CT molecular complexity index is 791.